The maximum absolute atomic E-state index is 11.0. The first kappa shape index (κ1) is 13.9. The molecule has 0 radical (unpaired) electrons. The molecule has 0 aliphatic carbocycles. The van der Waals surface area contributed by atoms with E-state index in [2.05, 4.69) is 23.7 Å². The molecule has 3 aliphatic heterocycles. The number of piperidine rings is 3. The lowest BCUT2D eigenvalue weighted by Crippen LogP contribution is -3.20. The van der Waals surface area contributed by atoms with Crippen molar-refractivity contribution in [1.29, 1.82) is 0 Å². The van der Waals surface area contributed by atoms with Gasteiger partial charge in [-0.3, -0.25) is 4.98 Å². The Hall–Kier alpha value is -1.71. The molecule has 2 bridgehead atoms. The van der Waals surface area contributed by atoms with Crippen LogP contribution >= 0.6 is 0 Å². The van der Waals surface area contributed by atoms with Gasteiger partial charge in [0.15, 0.2) is 0 Å². The van der Waals surface area contributed by atoms with E-state index in [1.165, 1.54) is 13.0 Å². The summed E-state index contributed by atoms with van der Waals surface area (Å²) in [6.45, 7) is 6.29. The average molecular weight is 295 g/mol. The van der Waals surface area contributed by atoms with E-state index >= 15 is 0 Å². The first-order valence-electron chi connectivity index (χ1n) is 8.27. The first-order valence-corrected chi connectivity index (χ1v) is 8.27. The van der Waals surface area contributed by atoms with Crippen LogP contribution in [-0.2, 0) is 0 Å². The van der Waals surface area contributed by atoms with Crippen LogP contribution in [0, 0.1) is 11.8 Å². The largest absolute Gasteiger partial charge is 0.382 e. The third kappa shape index (κ3) is 2.16. The van der Waals surface area contributed by atoms with Crippen molar-refractivity contribution in [2.75, 3.05) is 13.1 Å². The Morgan fingerprint density at radius 2 is 2.18 bits per heavy atom. The highest BCUT2D eigenvalue weighted by Gasteiger charge is 2.45. The first-order chi connectivity index (χ1) is 10.8. The van der Waals surface area contributed by atoms with Crippen molar-refractivity contribution in [3.63, 3.8) is 0 Å². The molecule has 2 N–H and O–H groups in total. The molecule has 3 nitrogen and oxygen atoms in total. The molecule has 5 atom stereocenters. The summed E-state index contributed by atoms with van der Waals surface area (Å²) in [5.74, 6) is 1.32. The number of hydrogen-bond donors (Lipinski definition) is 2. The molecule has 5 rings (SSSR count). The van der Waals surface area contributed by atoms with E-state index in [0.29, 0.717) is 17.9 Å². The summed E-state index contributed by atoms with van der Waals surface area (Å²) >= 11 is 0. The van der Waals surface area contributed by atoms with Gasteiger partial charge in [0.1, 0.15) is 12.1 Å². The lowest BCUT2D eigenvalue weighted by molar-refractivity contribution is -0.949. The number of quaternary nitrogens is 1. The monoisotopic (exact) mass is 295 g/mol. The molecule has 3 aliphatic rings. The minimum Gasteiger partial charge on any atom is -0.382 e. The smallest absolute Gasteiger partial charge is 0.131 e. The fourth-order valence-electron chi connectivity index (χ4n) is 4.50. The Labute approximate surface area is 131 Å². The van der Waals surface area contributed by atoms with Crippen molar-refractivity contribution in [2.24, 2.45) is 11.8 Å². The van der Waals surface area contributed by atoms with Crippen LogP contribution in [0.15, 0.2) is 49.2 Å². The van der Waals surface area contributed by atoms with E-state index in [9.17, 15) is 5.11 Å². The van der Waals surface area contributed by atoms with Gasteiger partial charge in [0.05, 0.1) is 18.6 Å². The SMILES string of the molecule is C=C[C@@H]1C[NH+]2CC[C@H]1C[C@H]2[C@H](O)c1ccnc2ccccc12. The third-order valence-corrected chi connectivity index (χ3v) is 5.71. The highest BCUT2D eigenvalue weighted by molar-refractivity contribution is 5.82. The van der Waals surface area contributed by atoms with Crippen LogP contribution in [0.3, 0.4) is 0 Å². The van der Waals surface area contributed by atoms with Gasteiger partial charge in [0.25, 0.3) is 0 Å². The summed E-state index contributed by atoms with van der Waals surface area (Å²) < 4.78 is 0. The Morgan fingerprint density at radius 1 is 1.32 bits per heavy atom. The number of para-hydroxylation sites is 1. The van der Waals surface area contributed by atoms with Crippen LogP contribution in [-0.4, -0.2) is 29.2 Å². The average Bonchev–Trinajstić information content (AvgIpc) is 2.60. The maximum Gasteiger partial charge on any atom is 0.131 e. The molecule has 1 unspecified atom stereocenters. The Balaban J connectivity index is 1.67. The van der Waals surface area contributed by atoms with Crippen LogP contribution < -0.4 is 4.90 Å². The third-order valence-electron chi connectivity index (χ3n) is 5.71. The number of nitrogens with one attached hydrogen (secondary N) is 1. The number of aliphatic hydroxyl groups excluding tert-OH is 1. The number of hydrogen-bond acceptors (Lipinski definition) is 2. The van der Waals surface area contributed by atoms with Crippen molar-refractivity contribution < 1.29 is 10.0 Å². The van der Waals surface area contributed by atoms with Crippen LogP contribution in [0.1, 0.15) is 24.5 Å². The zero-order chi connectivity index (χ0) is 15.1. The molecule has 22 heavy (non-hydrogen) atoms. The van der Waals surface area contributed by atoms with Crippen molar-refractivity contribution >= 4 is 10.9 Å². The van der Waals surface area contributed by atoms with E-state index in [4.69, 9.17) is 0 Å². The van der Waals surface area contributed by atoms with Gasteiger partial charge in [0, 0.05) is 30.3 Å². The molecule has 4 heterocycles. The minimum absolute atomic E-state index is 0.306. The quantitative estimate of drug-likeness (QED) is 0.847. The Kier molecular flexibility index (Phi) is 3.47. The molecule has 3 heteroatoms. The summed E-state index contributed by atoms with van der Waals surface area (Å²) in [7, 11) is 0. The predicted molar refractivity (Wildman–Crippen MR) is 87.6 cm³/mol. The molecule has 3 saturated heterocycles. The van der Waals surface area contributed by atoms with E-state index < -0.39 is 6.10 Å². The summed E-state index contributed by atoms with van der Waals surface area (Å²) in [4.78, 5) is 5.95. The molecular weight excluding hydrogens is 272 g/mol. The van der Waals surface area contributed by atoms with Gasteiger partial charge in [-0.05, 0) is 23.6 Å². The van der Waals surface area contributed by atoms with Crippen molar-refractivity contribution in [3.05, 3.63) is 54.7 Å². The zero-order valence-corrected chi connectivity index (χ0v) is 12.8. The second-order valence-corrected chi connectivity index (χ2v) is 6.77. The van der Waals surface area contributed by atoms with E-state index in [1.807, 2.05) is 30.5 Å². The fraction of sp³-hybridized carbons (Fsp3) is 0.421. The van der Waals surface area contributed by atoms with Crippen LogP contribution in [0.2, 0.25) is 0 Å². The Bertz CT molecular complexity index is 693. The molecule has 0 spiro atoms. The van der Waals surface area contributed by atoms with Crippen LogP contribution in [0.25, 0.3) is 10.9 Å². The predicted octanol–water partition coefficient (Wildman–Crippen LogP) is 1.75. The summed E-state index contributed by atoms with van der Waals surface area (Å²) in [6, 6.07) is 10.4. The molecule has 1 aromatic carbocycles. The normalized spacial score (nSPS) is 32.0. The Morgan fingerprint density at radius 3 is 2.95 bits per heavy atom. The molecule has 114 valence electrons. The summed E-state index contributed by atoms with van der Waals surface area (Å²) in [5.41, 5.74) is 2.00. The lowest BCUT2D eigenvalue weighted by Gasteiger charge is -2.47. The number of benzene rings is 1. The fourth-order valence-corrected chi connectivity index (χ4v) is 4.50. The van der Waals surface area contributed by atoms with Gasteiger partial charge in [-0.1, -0.05) is 24.3 Å². The highest BCUT2D eigenvalue weighted by Crippen LogP contribution is 2.33. The van der Waals surface area contributed by atoms with E-state index in [-0.39, 0.29) is 0 Å². The number of nitrogens with zero attached hydrogens (tertiary/aromatic N) is 1. The number of pyridine rings is 1. The van der Waals surface area contributed by atoms with Gasteiger partial charge in [-0.2, -0.15) is 0 Å². The van der Waals surface area contributed by atoms with Gasteiger partial charge < -0.3 is 10.0 Å². The molecule has 1 aromatic heterocycles. The number of rotatable bonds is 3. The van der Waals surface area contributed by atoms with Gasteiger partial charge in [-0.25, -0.2) is 0 Å². The van der Waals surface area contributed by atoms with E-state index in [1.54, 1.807) is 4.90 Å². The molecule has 2 aromatic rings. The van der Waals surface area contributed by atoms with E-state index in [0.717, 1.165) is 29.4 Å². The standard InChI is InChI=1S/C19H22N2O/c1-2-13-12-21-10-8-14(13)11-18(21)19(22)16-7-9-20-17-6-4-3-5-15(16)17/h2-7,9,13-14,18-19,22H,1,8,10-12H2/p+1/t13-,14+,18+,19-/m1/s1. The van der Waals surface area contributed by atoms with Crippen molar-refractivity contribution in [1.82, 2.24) is 4.98 Å². The molecule has 0 saturated carbocycles. The zero-order valence-electron chi connectivity index (χ0n) is 12.8. The minimum atomic E-state index is -0.406. The molecule has 3 fully saturated rings. The second kappa shape index (κ2) is 5.49. The van der Waals surface area contributed by atoms with Crippen LogP contribution in [0.4, 0.5) is 0 Å². The summed E-state index contributed by atoms with van der Waals surface area (Å²) in [5, 5.41) is 12.1. The lowest BCUT2D eigenvalue weighted by atomic mass is 9.73. The second-order valence-electron chi connectivity index (χ2n) is 6.77. The highest BCUT2D eigenvalue weighted by atomic mass is 16.3. The maximum atomic E-state index is 11.0. The van der Waals surface area contributed by atoms with Gasteiger partial charge in [-0.15, -0.1) is 6.58 Å². The number of fused-ring (bicyclic) bond motifs is 4. The summed E-state index contributed by atoms with van der Waals surface area (Å²) in [6.07, 6.45) is 5.90. The molecule has 0 amide bonds. The van der Waals surface area contributed by atoms with Gasteiger partial charge in [0.2, 0.25) is 0 Å². The van der Waals surface area contributed by atoms with Crippen molar-refractivity contribution in [3.8, 4) is 0 Å². The van der Waals surface area contributed by atoms with Crippen LogP contribution in [0.5, 0.6) is 0 Å². The number of aromatic nitrogens is 1. The molecular formula is C19H23N2O+. The van der Waals surface area contributed by atoms with Gasteiger partial charge >= 0.3 is 0 Å². The topological polar surface area (TPSA) is 37.6 Å². The van der Waals surface area contributed by atoms with Crippen molar-refractivity contribution in [2.45, 2.75) is 25.0 Å². The number of aliphatic hydroxyl groups is 1.